The Morgan fingerprint density at radius 2 is 2.12 bits per heavy atom. The summed E-state index contributed by atoms with van der Waals surface area (Å²) in [5.74, 6) is -0.701. The van der Waals surface area contributed by atoms with E-state index in [1.165, 1.54) is 6.33 Å². The molecule has 0 radical (unpaired) electrons. The molecule has 26 heavy (non-hydrogen) atoms. The van der Waals surface area contributed by atoms with Crippen molar-refractivity contribution in [3.8, 4) is 0 Å². The summed E-state index contributed by atoms with van der Waals surface area (Å²) in [5.41, 5.74) is 0.315. The van der Waals surface area contributed by atoms with Gasteiger partial charge in [0.1, 0.15) is 11.9 Å². The Morgan fingerprint density at radius 1 is 1.35 bits per heavy atom. The number of amides is 1. The van der Waals surface area contributed by atoms with E-state index in [0.717, 1.165) is 0 Å². The first-order valence-electron chi connectivity index (χ1n) is 8.27. The first kappa shape index (κ1) is 18.1. The van der Waals surface area contributed by atoms with Crippen LogP contribution in [0.2, 0.25) is 0 Å². The van der Waals surface area contributed by atoms with Gasteiger partial charge >= 0.3 is 12.1 Å². The average molecular weight is 363 g/mol. The molecule has 0 aliphatic carbocycles. The minimum atomic E-state index is -0.950. The van der Waals surface area contributed by atoms with Crippen molar-refractivity contribution in [1.82, 2.24) is 19.5 Å². The van der Waals surface area contributed by atoms with E-state index in [2.05, 4.69) is 20.3 Å². The molecule has 0 aromatic carbocycles. The van der Waals surface area contributed by atoms with Crippen LogP contribution in [-0.4, -0.2) is 54.5 Å². The lowest BCUT2D eigenvalue weighted by molar-refractivity contribution is -0.149. The van der Waals surface area contributed by atoms with E-state index in [9.17, 15) is 9.59 Å². The molecule has 3 heterocycles. The summed E-state index contributed by atoms with van der Waals surface area (Å²) < 4.78 is 12.5. The van der Waals surface area contributed by atoms with Crippen molar-refractivity contribution in [3.63, 3.8) is 0 Å². The molecule has 1 aliphatic heterocycles. The van der Waals surface area contributed by atoms with Crippen LogP contribution < -0.4 is 5.32 Å². The highest BCUT2D eigenvalue weighted by Crippen LogP contribution is 2.24. The minimum Gasteiger partial charge on any atom is -0.479 e. The molecule has 0 spiro atoms. The predicted octanol–water partition coefficient (Wildman–Crippen LogP) is 1.81. The molecular formula is C16H21N5O5. The van der Waals surface area contributed by atoms with Gasteiger partial charge in [-0.1, -0.05) is 0 Å². The third-order valence-corrected chi connectivity index (χ3v) is 3.80. The summed E-state index contributed by atoms with van der Waals surface area (Å²) in [6.07, 6.45) is 2.38. The van der Waals surface area contributed by atoms with Gasteiger partial charge in [-0.2, -0.15) is 0 Å². The number of carboxylic acids is 1. The second-order valence-corrected chi connectivity index (χ2v) is 7.08. The third-order valence-electron chi connectivity index (χ3n) is 3.80. The zero-order valence-electron chi connectivity index (χ0n) is 14.8. The van der Waals surface area contributed by atoms with Crippen LogP contribution >= 0.6 is 0 Å². The van der Waals surface area contributed by atoms with E-state index in [1.807, 2.05) is 0 Å². The first-order chi connectivity index (χ1) is 12.2. The predicted molar refractivity (Wildman–Crippen MR) is 90.7 cm³/mol. The van der Waals surface area contributed by atoms with Crippen LogP contribution in [0.4, 0.5) is 10.6 Å². The zero-order chi connectivity index (χ0) is 18.9. The summed E-state index contributed by atoms with van der Waals surface area (Å²) in [6, 6.07) is 0. The van der Waals surface area contributed by atoms with Gasteiger partial charge in [-0.3, -0.25) is 5.32 Å². The lowest BCUT2D eigenvalue weighted by Gasteiger charge is -2.19. The second-order valence-electron chi connectivity index (χ2n) is 7.08. The SMILES string of the molecule is CC(C)(C)OC(=O)Nc1ncnc2c1ncn2C[C@H]1CC[C@@H](C(=O)O)O1. The number of anilines is 1. The summed E-state index contributed by atoms with van der Waals surface area (Å²) in [7, 11) is 0. The Hall–Kier alpha value is -2.75. The zero-order valence-corrected chi connectivity index (χ0v) is 14.8. The van der Waals surface area contributed by atoms with Gasteiger partial charge in [0.05, 0.1) is 19.0 Å². The standard InChI is InChI=1S/C16H21N5O5/c1-16(2,3)26-15(24)20-12-11-13(18-7-17-12)21(8-19-11)6-9-4-5-10(25-9)14(22)23/h7-10H,4-6H2,1-3H3,(H,22,23)(H,17,18,20,24)/t9-,10+/m1/s1. The minimum absolute atomic E-state index is 0.231. The maximum atomic E-state index is 12.0. The number of ether oxygens (including phenoxy) is 2. The van der Waals surface area contributed by atoms with Crippen molar-refractivity contribution in [2.24, 2.45) is 0 Å². The Bertz CT molecular complexity index is 828. The molecule has 1 aliphatic rings. The molecule has 0 bridgehead atoms. The average Bonchev–Trinajstić information content (AvgIpc) is 3.14. The molecule has 3 rings (SSSR count). The fraction of sp³-hybridized carbons (Fsp3) is 0.562. The van der Waals surface area contributed by atoms with Gasteiger partial charge < -0.3 is 19.1 Å². The Balaban J connectivity index is 1.74. The molecule has 0 unspecified atom stereocenters. The summed E-state index contributed by atoms with van der Waals surface area (Å²) in [4.78, 5) is 35.5. The molecule has 10 nitrogen and oxygen atoms in total. The van der Waals surface area contributed by atoms with E-state index in [0.29, 0.717) is 30.6 Å². The Morgan fingerprint density at radius 3 is 2.77 bits per heavy atom. The van der Waals surface area contributed by atoms with Crippen LogP contribution in [-0.2, 0) is 20.8 Å². The van der Waals surface area contributed by atoms with Crippen molar-refractivity contribution < 1.29 is 24.2 Å². The van der Waals surface area contributed by atoms with Crippen molar-refractivity contribution in [2.45, 2.75) is 58.0 Å². The number of nitrogens with one attached hydrogen (secondary N) is 1. The highest BCUT2D eigenvalue weighted by Gasteiger charge is 2.31. The van der Waals surface area contributed by atoms with Gasteiger partial charge in [0, 0.05) is 0 Å². The number of hydrogen-bond donors (Lipinski definition) is 2. The van der Waals surface area contributed by atoms with E-state index in [-0.39, 0.29) is 11.9 Å². The highest BCUT2D eigenvalue weighted by atomic mass is 16.6. The molecule has 2 aromatic rings. The van der Waals surface area contributed by atoms with Crippen LogP contribution in [0.5, 0.6) is 0 Å². The number of imidazole rings is 1. The Labute approximate surface area is 149 Å². The molecule has 2 aromatic heterocycles. The number of carbonyl (C=O) groups excluding carboxylic acids is 1. The topological polar surface area (TPSA) is 128 Å². The van der Waals surface area contributed by atoms with Gasteiger partial charge in [0.25, 0.3) is 0 Å². The van der Waals surface area contributed by atoms with Gasteiger partial charge in [-0.15, -0.1) is 0 Å². The van der Waals surface area contributed by atoms with Gasteiger partial charge in [0.15, 0.2) is 23.1 Å². The van der Waals surface area contributed by atoms with Gasteiger partial charge in [-0.25, -0.2) is 24.5 Å². The van der Waals surface area contributed by atoms with Crippen LogP contribution in [0.3, 0.4) is 0 Å². The van der Waals surface area contributed by atoms with Gasteiger partial charge in [-0.05, 0) is 33.6 Å². The molecular weight excluding hydrogens is 342 g/mol. The lowest BCUT2D eigenvalue weighted by atomic mass is 10.2. The number of carbonyl (C=O) groups is 2. The van der Waals surface area contributed by atoms with Crippen molar-refractivity contribution in [1.29, 1.82) is 0 Å². The molecule has 1 amide bonds. The maximum Gasteiger partial charge on any atom is 0.413 e. The molecule has 1 fully saturated rings. The van der Waals surface area contributed by atoms with Crippen molar-refractivity contribution in [2.75, 3.05) is 5.32 Å². The molecule has 10 heteroatoms. The number of aromatic nitrogens is 4. The molecule has 0 saturated carbocycles. The smallest absolute Gasteiger partial charge is 0.413 e. The number of aliphatic carboxylic acids is 1. The summed E-state index contributed by atoms with van der Waals surface area (Å²) in [6.45, 7) is 5.72. The number of hydrogen-bond acceptors (Lipinski definition) is 7. The monoisotopic (exact) mass is 363 g/mol. The molecule has 140 valence electrons. The maximum absolute atomic E-state index is 12.0. The van der Waals surface area contributed by atoms with Crippen LogP contribution in [0.15, 0.2) is 12.7 Å². The number of carboxylic acid groups (broad SMARTS) is 1. The van der Waals surface area contributed by atoms with E-state index >= 15 is 0 Å². The lowest BCUT2D eigenvalue weighted by Crippen LogP contribution is -2.27. The van der Waals surface area contributed by atoms with Crippen molar-refractivity contribution >= 4 is 29.0 Å². The Kier molecular flexibility index (Phi) is 4.77. The van der Waals surface area contributed by atoms with E-state index in [1.54, 1.807) is 31.7 Å². The second kappa shape index (κ2) is 6.87. The largest absolute Gasteiger partial charge is 0.479 e. The molecule has 2 atom stereocenters. The molecule has 2 N–H and O–H groups in total. The fourth-order valence-electron chi connectivity index (χ4n) is 2.75. The third kappa shape index (κ3) is 4.07. The van der Waals surface area contributed by atoms with Gasteiger partial charge in [0.2, 0.25) is 0 Å². The number of nitrogens with zero attached hydrogens (tertiary/aromatic N) is 4. The highest BCUT2D eigenvalue weighted by molar-refractivity contribution is 5.93. The van der Waals surface area contributed by atoms with Crippen LogP contribution in [0, 0.1) is 0 Å². The molecule has 1 saturated heterocycles. The van der Waals surface area contributed by atoms with Crippen LogP contribution in [0.1, 0.15) is 33.6 Å². The quantitative estimate of drug-likeness (QED) is 0.841. The van der Waals surface area contributed by atoms with Crippen LogP contribution in [0.25, 0.3) is 11.2 Å². The van der Waals surface area contributed by atoms with E-state index < -0.39 is 23.8 Å². The summed E-state index contributed by atoms with van der Waals surface area (Å²) >= 11 is 0. The number of fused-ring (bicyclic) bond motifs is 1. The normalized spacial score (nSPS) is 20.3. The summed E-state index contributed by atoms with van der Waals surface area (Å²) in [5, 5.41) is 11.6. The number of rotatable bonds is 4. The van der Waals surface area contributed by atoms with E-state index in [4.69, 9.17) is 14.6 Å². The van der Waals surface area contributed by atoms with Crippen molar-refractivity contribution in [3.05, 3.63) is 12.7 Å². The first-order valence-corrected chi connectivity index (χ1v) is 8.27. The fourth-order valence-corrected chi connectivity index (χ4v) is 2.75.